The van der Waals surface area contributed by atoms with E-state index in [-0.39, 0.29) is 30.2 Å². The largest absolute Gasteiger partial charge is 0.481 e. The molecule has 6 heteroatoms. The molecule has 23 heavy (non-hydrogen) atoms. The fourth-order valence-electron chi connectivity index (χ4n) is 2.92. The van der Waals surface area contributed by atoms with Crippen LogP contribution in [0.1, 0.15) is 53.9 Å². The first-order valence-corrected chi connectivity index (χ1v) is 8.38. The van der Waals surface area contributed by atoms with Crippen LogP contribution in [0.5, 0.6) is 0 Å². The molecule has 1 fully saturated rings. The number of hydrogen-bond acceptors (Lipinski definition) is 3. The van der Waals surface area contributed by atoms with E-state index in [4.69, 9.17) is 0 Å². The van der Waals surface area contributed by atoms with Gasteiger partial charge in [-0.15, -0.1) is 0 Å². The van der Waals surface area contributed by atoms with Gasteiger partial charge in [-0.3, -0.25) is 14.4 Å². The molecule has 0 aromatic heterocycles. The van der Waals surface area contributed by atoms with Crippen molar-refractivity contribution in [3.8, 4) is 0 Å². The highest BCUT2D eigenvalue weighted by molar-refractivity contribution is 5.88. The third-order valence-corrected chi connectivity index (χ3v) is 4.37. The van der Waals surface area contributed by atoms with Crippen LogP contribution in [-0.4, -0.2) is 46.9 Å². The summed E-state index contributed by atoms with van der Waals surface area (Å²) in [5.41, 5.74) is -0.905. The van der Waals surface area contributed by atoms with Crippen LogP contribution in [0.25, 0.3) is 0 Å². The standard InChI is InChI=1S/C17H30N2O4/c1-11(2)9-13(20)18-14(12(3)4)15(21)19-8-6-7-17(5,10-19)16(22)23/h11-12,14H,6-10H2,1-5H3,(H,18,20)(H,22,23). The van der Waals surface area contributed by atoms with Crippen molar-refractivity contribution in [3.05, 3.63) is 0 Å². The molecule has 2 N–H and O–H groups in total. The van der Waals surface area contributed by atoms with E-state index in [0.29, 0.717) is 25.8 Å². The molecular weight excluding hydrogens is 296 g/mol. The fourth-order valence-corrected chi connectivity index (χ4v) is 2.92. The molecule has 2 amide bonds. The Morgan fingerprint density at radius 2 is 1.83 bits per heavy atom. The zero-order valence-electron chi connectivity index (χ0n) is 14.9. The number of piperidine rings is 1. The number of likely N-dealkylation sites (tertiary alicyclic amines) is 1. The SMILES string of the molecule is CC(C)CC(=O)NC(C(=O)N1CCCC(C)(C(=O)O)C1)C(C)C. The van der Waals surface area contributed by atoms with Gasteiger partial charge in [0.05, 0.1) is 5.41 Å². The lowest BCUT2D eigenvalue weighted by atomic mass is 9.81. The maximum absolute atomic E-state index is 12.8. The molecule has 1 heterocycles. The number of carboxylic acid groups (broad SMARTS) is 1. The molecule has 2 atom stereocenters. The number of amides is 2. The van der Waals surface area contributed by atoms with E-state index in [2.05, 4.69) is 5.32 Å². The zero-order chi connectivity index (χ0) is 17.8. The molecule has 0 bridgehead atoms. The summed E-state index contributed by atoms with van der Waals surface area (Å²) in [5, 5.41) is 12.2. The Hall–Kier alpha value is -1.59. The van der Waals surface area contributed by atoms with Crippen molar-refractivity contribution in [2.75, 3.05) is 13.1 Å². The van der Waals surface area contributed by atoms with Crippen molar-refractivity contribution in [2.45, 2.75) is 59.9 Å². The monoisotopic (exact) mass is 326 g/mol. The van der Waals surface area contributed by atoms with Crippen molar-refractivity contribution in [3.63, 3.8) is 0 Å². The number of carbonyl (C=O) groups excluding carboxylic acids is 2. The van der Waals surface area contributed by atoms with Gasteiger partial charge in [-0.1, -0.05) is 27.7 Å². The Morgan fingerprint density at radius 3 is 2.30 bits per heavy atom. The molecule has 6 nitrogen and oxygen atoms in total. The first-order valence-electron chi connectivity index (χ1n) is 8.38. The maximum Gasteiger partial charge on any atom is 0.311 e. The lowest BCUT2D eigenvalue weighted by molar-refractivity contribution is -0.154. The predicted octanol–water partition coefficient (Wildman–Crippen LogP) is 1.89. The normalized spacial score (nSPS) is 23.0. The molecule has 0 radical (unpaired) electrons. The van der Waals surface area contributed by atoms with Crippen LogP contribution in [0.2, 0.25) is 0 Å². The summed E-state index contributed by atoms with van der Waals surface area (Å²) in [6.07, 6.45) is 1.61. The number of carboxylic acids is 1. The summed E-state index contributed by atoms with van der Waals surface area (Å²) in [6.45, 7) is 10.1. The molecule has 1 aliphatic heterocycles. The van der Waals surface area contributed by atoms with Crippen LogP contribution in [-0.2, 0) is 14.4 Å². The first-order chi connectivity index (χ1) is 10.6. The molecule has 0 aromatic rings. The number of carbonyl (C=O) groups is 3. The van der Waals surface area contributed by atoms with E-state index in [0.717, 1.165) is 0 Å². The Kier molecular flexibility index (Phi) is 6.59. The van der Waals surface area contributed by atoms with Crippen LogP contribution >= 0.6 is 0 Å². The smallest absolute Gasteiger partial charge is 0.311 e. The molecule has 0 aromatic carbocycles. The minimum Gasteiger partial charge on any atom is -0.481 e. The number of nitrogens with zero attached hydrogens (tertiary/aromatic N) is 1. The van der Waals surface area contributed by atoms with E-state index >= 15 is 0 Å². The molecule has 132 valence electrons. The summed E-state index contributed by atoms with van der Waals surface area (Å²) in [7, 11) is 0. The van der Waals surface area contributed by atoms with Crippen molar-refractivity contribution in [2.24, 2.45) is 17.3 Å². The Labute approximate surface area is 138 Å². The van der Waals surface area contributed by atoms with Gasteiger partial charge in [-0.2, -0.15) is 0 Å². The highest BCUT2D eigenvalue weighted by atomic mass is 16.4. The second-order valence-corrected chi connectivity index (χ2v) is 7.62. The lowest BCUT2D eigenvalue weighted by Crippen LogP contribution is -2.56. The molecular formula is C17H30N2O4. The minimum atomic E-state index is -0.905. The number of aliphatic carboxylic acids is 1. The number of nitrogens with one attached hydrogen (secondary N) is 1. The first kappa shape index (κ1) is 19.5. The van der Waals surface area contributed by atoms with E-state index in [1.807, 2.05) is 27.7 Å². The predicted molar refractivity (Wildman–Crippen MR) is 87.8 cm³/mol. The van der Waals surface area contributed by atoms with Crippen molar-refractivity contribution in [1.29, 1.82) is 0 Å². The maximum atomic E-state index is 12.8. The minimum absolute atomic E-state index is 0.0448. The number of rotatable bonds is 6. The Balaban J connectivity index is 2.81. The molecule has 0 aliphatic carbocycles. The molecule has 0 saturated carbocycles. The Bertz CT molecular complexity index is 462. The van der Waals surface area contributed by atoms with Crippen LogP contribution in [0.3, 0.4) is 0 Å². The van der Waals surface area contributed by atoms with E-state index in [1.165, 1.54) is 0 Å². The van der Waals surface area contributed by atoms with E-state index in [9.17, 15) is 19.5 Å². The van der Waals surface area contributed by atoms with Crippen molar-refractivity contribution >= 4 is 17.8 Å². The van der Waals surface area contributed by atoms with Crippen LogP contribution in [0.4, 0.5) is 0 Å². The van der Waals surface area contributed by atoms with Crippen LogP contribution in [0, 0.1) is 17.3 Å². The van der Waals surface area contributed by atoms with Crippen molar-refractivity contribution < 1.29 is 19.5 Å². The van der Waals surface area contributed by atoms with Gasteiger partial charge in [0.15, 0.2) is 0 Å². The fraction of sp³-hybridized carbons (Fsp3) is 0.824. The third kappa shape index (κ3) is 5.22. The second kappa shape index (κ2) is 7.79. The van der Waals surface area contributed by atoms with Crippen molar-refractivity contribution in [1.82, 2.24) is 10.2 Å². The molecule has 1 saturated heterocycles. The third-order valence-electron chi connectivity index (χ3n) is 4.37. The average molecular weight is 326 g/mol. The van der Waals surface area contributed by atoms with Gasteiger partial charge in [0.1, 0.15) is 6.04 Å². The highest BCUT2D eigenvalue weighted by Crippen LogP contribution is 2.30. The Morgan fingerprint density at radius 1 is 1.22 bits per heavy atom. The lowest BCUT2D eigenvalue weighted by Gasteiger charge is -2.39. The van der Waals surface area contributed by atoms with Gasteiger partial charge >= 0.3 is 5.97 Å². The summed E-state index contributed by atoms with van der Waals surface area (Å²) in [6, 6.07) is -0.600. The average Bonchev–Trinajstić information content (AvgIpc) is 2.43. The summed E-state index contributed by atoms with van der Waals surface area (Å²) >= 11 is 0. The molecule has 0 spiro atoms. The second-order valence-electron chi connectivity index (χ2n) is 7.62. The molecule has 2 unspecified atom stereocenters. The topological polar surface area (TPSA) is 86.7 Å². The molecule has 1 aliphatic rings. The van der Waals surface area contributed by atoms with Gasteiger partial charge in [-0.25, -0.2) is 0 Å². The van der Waals surface area contributed by atoms with Gasteiger partial charge in [0, 0.05) is 19.5 Å². The number of hydrogen-bond donors (Lipinski definition) is 2. The van der Waals surface area contributed by atoms with Gasteiger partial charge in [0.2, 0.25) is 11.8 Å². The summed E-state index contributed by atoms with van der Waals surface area (Å²) in [5.74, 6) is -1.01. The van der Waals surface area contributed by atoms with Crippen LogP contribution in [0.15, 0.2) is 0 Å². The quantitative estimate of drug-likeness (QED) is 0.780. The van der Waals surface area contributed by atoms with Crippen LogP contribution < -0.4 is 5.32 Å². The molecule has 1 rings (SSSR count). The van der Waals surface area contributed by atoms with Gasteiger partial charge < -0.3 is 15.3 Å². The summed E-state index contributed by atoms with van der Waals surface area (Å²) < 4.78 is 0. The van der Waals surface area contributed by atoms with E-state index in [1.54, 1.807) is 11.8 Å². The summed E-state index contributed by atoms with van der Waals surface area (Å²) in [4.78, 5) is 37.8. The van der Waals surface area contributed by atoms with Gasteiger partial charge in [-0.05, 0) is 31.6 Å². The van der Waals surface area contributed by atoms with Gasteiger partial charge in [0.25, 0.3) is 0 Å². The highest BCUT2D eigenvalue weighted by Gasteiger charge is 2.41. The van der Waals surface area contributed by atoms with E-state index < -0.39 is 17.4 Å². The zero-order valence-corrected chi connectivity index (χ0v) is 14.9.